The minimum absolute atomic E-state index is 0.0391. The highest BCUT2D eigenvalue weighted by Crippen LogP contribution is 2.11. The summed E-state index contributed by atoms with van der Waals surface area (Å²) in [6.07, 6.45) is 4.31. The van der Waals surface area contributed by atoms with Crippen LogP contribution in [0.1, 0.15) is 36.0 Å². The zero-order valence-electron chi connectivity index (χ0n) is 15.4. The number of aryl methyl sites for hydroxylation is 1. The van der Waals surface area contributed by atoms with E-state index < -0.39 is 5.91 Å². The molecule has 3 aromatic rings. The van der Waals surface area contributed by atoms with Crippen LogP contribution in [0.2, 0.25) is 0 Å². The van der Waals surface area contributed by atoms with Gasteiger partial charge in [-0.25, -0.2) is 4.98 Å². The molecule has 1 aromatic heterocycles. The molecular formula is C21H22N4O3. The van der Waals surface area contributed by atoms with Crippen molar-refractivity contribution in [2.45, 2.75) is 32.2 Å². The summed E-state index contributed by atoms with van der Waals surface area (Å²) in [7, 11) is 0. The Morgan fingerprint density at radius 2 is 1.75 bits per heavy atom. The lowest BCUT2D eigenvalue weighted by molar-refractivity contribution is -0.116. The third kappa shape index (κ3) is 4.82. The van der Waals surface area contributed by atoms with Crippen LogP contribution in [0, 0.1) is 0 Å². The van der Waals surface area contributed by atoms with E-state index in [1.54, 1.807) is 41.2 Å². The molecule has 3 rings (SSSR count). The molecule has 0 fully saturated rings. The first-order chi connectivity index (χ1) is 13.5. The number of primary amides is 1. The minimum atomic E-state index is -0.501. The van der Waals surface area contributed by atoms with E-state index in [0.29, 0.717) is 35.1 Å². The number of amides is 2. The number of nitrogens with two attached hydrogens (primary N) is 1. The predicted molar refractivity (Wildman–Crippen MR) is 108 cm³/mol. The van der Waals surface area contributed by atoms with Crippen molar-refractivity contribution in [2.75, 3.05) is 5.32 Å². The van der Waals surface area contributed by atoms with E-state index >= 15 is 0 Å². The second-order valence-electron chi connectivity index (χ2n) is 6.56. The van der Waals surface area contributed by atoms with Crippen molar-refractivity contribution in [2.24, 2.45) is 5.73 Å². The van der Waals surface area contributed by atoms with Gasteiger partial charge in [0, 0.05) is 24.2 Å². The standard InChI is InChI=1S/C21H22N4O3/c22-20(27)15-9-11-16(12-10-15)24-19(26)8-2-1-5-13-25-14-23-18-7-4-3-6-17(18)21(25)28/h3-4,6-7,9-12,14H,1-2,5,8,13H2,(H2,22,27)(H,24,26). The molecule has 0 aliphatic carbocycles. The molecular weight excluding hydrogens is 356 g/mol. The van der Waals surface area contributed by atoms with Crippen molar-refractivity contribution >= 4 is 28.4 Å². The number of aromatic nitrogens is 2. The number of unbranched alkanes of at least 4 members (excludes halogenated alkanes) is 2. The van der Waals surface area contributed by atoms with Crippen LogP contribution >= 0.6 is 0 Å². The van der Waals surface area contributed by atoms with E-state index in [0.717, 1.165) is 19.3 Å². The summed E-state index contributed by atoms with van der Waals surface area (Å²) in [5.74, 6) is -0.588. The second kappa shape index (κ2) is 8.94. The third-order valence-corrected chi connectivity index (χ3v) is 4.49. The van der Waals surface area contributed by atoms with Crippen molar-refractivity contribution < 1.29 is 9.59 Å². The number of benzene rings is 2. The lowest BCUT2D eigenvalue weighted by Crippen LogP contribution is -2.20. The summed E-state index contributed by atoms with van der Waals surface area (Å²) in [6.45, 7) is 0.576. The van der Waals surface area contributed by atoms with Gasteiger partial charge >= 0.3 is 0 Å². The monoisotopic (exact) mass is 378 g/mol. The highest BCUT2D eigenvalue weighted by atomic mass is 16.2. The highest BCUT2D eigenvalue weighted by Gasteiger charge is 2.05. The molecule has 0 bridgehead atoms. The fraction of sp³-hybridized carbons (Fsp3) is 0.238. The van der Waals surface area contributed by atoms with Crippen molar-refractivity contribution in [3.05, 3.63) is 70.8 Å². The molecule has 2 amide bonds. The number of hydrogen-bond donors (Lipinski definition) is 2. The lowest BCUT2D eigenvalue weighted by Gasteiger charge is -2.07. The number of hydrogen-bond acceptors (Lipinski definition) is 4. The van der Waals surface area contributed by atoms with Crippen molar-refractivity contribution in [1.82, 2.24) is 9.55 Å². The Bertz CT molecular complexity index is 1040. The number of para-hydroxylation sites is 1. The van der Waals surface area contributed by atoms with Gasteiger partial charge in [0.2, 0.25) is 11.8 Å². The average Bonchev–Trinajstić information content (AvgIpc) is 2.70. The normalized spacial score (nSPS) is 10.7. The Balaban J connectivity index is 1.42. The van der Waals surface area contributed by atoms with Crippen LogP contribution in [0.4, 0.5) is 5.69 Å². The summed E-state index contributed by atoms with van der Waals surface area (Å²) in [4.78, 5) is 39.7. The molecule has 0 saturated heterocycles. The van der Waals surface area contributed by atoms with E-state index in [2.05, 4.69) is 10.3 Å². The minimum Gasteiger partial charge on any atom is -0.366 e. The fourth-order valence-corrected chi connectivity index (χ4v) is 2.95. The van der Waals surface area contributed by atoms with E-state index in [1.165, 1.54) is 0 Å². The molecule has 0 spiro atoms. The van der Waals surface area contributed by atoms with Gasteiger partial charge in [0.1, 0.15) is 0 Å². The molecule has 0 radical (unpaired) electrons. The lowest BCUT2D eigenvalue weighted by atomic mass is 10.1. The molecule has 1 heterocycles. The van der Waals surface area contributed by atoms with Crippen LogP contribution in [0.15, 0.2) is 59.7 Å². The Kier molecular flexibility index (Phi) is 6.16. The van der Waals surface area contributed by atoms with Gasteiger partial charge in [-0.3, -0.25) is 19.0 Å². The maximum absolute atomic E-state index is 12.4. The number of carbonyl (C=O) groups is 2. The van der Waals surface area contributed by atoms with Crippen LogP contribution in [-0.2, 0) is 11.3 Å². The predicted octanol–water partition coefficient (Wildman–Crippen LogP) is 2.69. The van der Waals surface area contributed by atoms with Crippen LogP contribution in [0.3, 0.4) is 0 Å². The average molecular weight is 378 g/mol. The van der Waals surface area contributed by atoms with Gasteiger partial charge in [-0.1, -0.05) is 18.6 Å². The summed E-state index contributed by atoms with van der Waals surface area (Å²) in [5.41, 5.74) is 6.87. The fourth-order valence-electron chi connectivity index (χ4n) is 2.95. The highest BCUT2D eigenvalue weighted by molar-refractivity contribution is 5.94. The van der Waals surface area contributed by atoms with Gasteiger partial charge in [-0.05, 0) is 49.2 Å². The number of carbonyl (C=O) groups excluding carboxylic acids is 2. The quantitative estimate of drug-likeness (QED) is 0.588. The van der Waals surface area contributed by atoms with Gasteiger partial charge < -0.3 is 11.1 Å². The number of rotatable bonds is 8. The molecule has 7 nitrogen and oxygen atoms in total. The van der Waals surface area contributed by atoms with Crippen LogP contribution in [0.5, 0.6) is 0 Å². The largest absolute Gasteiger partial charge is 0.366 e. The number of nitrogens with one attached hydrogen (secondary N) is 1. The number of fused-ring (bicyclic) bond motifs is 1. The molecule has 0 saturated carbocycles. The number of anilines is 1. The van der Waals surface area contributed by atoms with Crippen molar-refractivity contribution in [3.8, 4) is 0 Å². The molecule has 28 heavy (non-hydrogen) atoms. The molecule has 7 heteroatoms. The van der Waals surface area contributed by atoms with Crippen LogP contribution in [-0.4, -0.2) is 21.4 Å². The van der Waals surface area contributed by atoms with Gasteiger partial charge in [0.05, 0.1) is 17.2 Å². The molecule has 144 valence electrons. The molecule has 2 aromatic carbocycles. The summed E-state index contributed by atoms with van der Waals surface area (Å²) in [5, 5.41) is 3.41. The first-order valence-electron chi connectivity index (χ1n) is 9.18. The van der Waals surface area contributed by atoms with Gasteiger partial charge in [0.25, 0.3) is 5.56 Å². The van der Waals surface area contributed by atoms with E-state index in [4.69, 9.17) is 5.73 Å². The van der Waals surface area contributed by atoms with E-state index in [9.17, 15) is 14.4 Å². The first kappa shape index (κ1) is 19.3. The molecule has 0 atom stereocenters. The Morgan fingerprint density at radius 3 is 2.50 bits per heavy atom. The maximum Gasteiger partial charge on any atom is 0.261 e. The van der Waals surface area contributed by atoms with Crippen molar-refractivity contribution in [1.29, 1.82) is 0 Å². The smallest absolute Gasteiger partial charge is 0.261 e. The van der Waals surface area contributed by atoms with Crippen LogP contribution < -0.4 is 16.6 Å². The van der Waals surface area contributed by atoms with Gasteiger partial charge in [-0.2, -0.15) is 0 Å². The molecule has 3 N–H and O–H groups in total. The Labute approximate surface area is 162 Å². The van der Waals surface area contributed by atoms with Crippen LogP contribution in [0.25, 0.3) is 10.9 Å². The summed E-state index contributed by atoms with van der Waals surface area (Å²) in [6, 6.07) is 13.7. The maximum atomic E-state index is 12.4. The summed E-state index contributed by atoms with van der Waals surface area (Å²) >= 11 is 0. The van der Waals surface area contributed by atoms with E-state index in [-0.39, 0.29) is 11.5 Å². The van der Waals surface area contributed by atoms with Gasteiger partial charge in [0.15, 0.2) is 0 Å². The SMILES string of the molecule is NC(=O)c1ccc(NC(=O)CCCCCn2cnc3ccccc3c2=O)cc1. The Morgan fingerprint density at radius 1 is 1.00 bits per heavy atom. The zero-order valence-corrected chi connectivity index (χ0v) is 15.4. The zero-order chi connectivity index (χ0) is 19.9. The molecule has 0 aliphatic rings. The van der Waals surface area contributed by atoms with E-state index in [1.807, 2.05) is 18.2 Å². The molecule has 0 aliphatic heterocycles. The van der Waals surface area contributed by atoms with Crippen molar-refractivity contribution in [3.63, 3.8) is 0 Å². The first-order valence-corrected chi connectivity index (χ1v) is 9.18. The van der Waals surface area contributed by atoms with Gasteiger partial charge in [-0.15, -0.1) is 0 Å². The summed E-state index contributed by atoms with van der Waals surface area (Å²) < 4.78 is 1.61. The third-order valence-electron chi connectivity index (χ3n) is 4.49. The topological polar surface area (TPSA) is 107 Å². The second-order valence-corrected chi connectivity index (χ2v) is 6.56. The molecule has 0 unspecified atom stereocenters. The number of nitrogens with zero attached hydrogens (tertiary/aromatic N) is 2. The Hall–Kier alpha value is -3.48.